The molecule has 0 aromatic carbocycles. The van der Waals surface area contributed by atoms with Crippen LogP contribution in [0.15, 0.2) is 0 Å². The largest absolute Gasteiger partial charge is 0.392 e. The molecule has 0 rings (SSSR count). The minimum absolute atomic E-state index is 0.318. The van der Waals surface area contributed by atoms with Crippen LogP contribution < -0.4 is 0 Å². The molecule has 0 aliphatic rings. The normalized spacial score (nSPS) is 14.1. The van der Waals surface area contributed by atoms with E-state index in [1.807, 2.05) is 7.05 Å². The Morgan fingerprint density at radius 2 is 2.20 bits per heavy atom. The fourth-order valence-corrected chi connectivity index (χ4v) is 0.672. The zero-order chi connectivity index (χ0) is 7.98. The monoisotopic (exact) mass is 147 g/mol. The fraction of sp³-hybridized carbons (Fsp3) is 1.00. The Bertz CT molecular complexity index is 76.0. The molecule has 0 amide bonds. The lowest BCUT2D eigenvalue weighted by Gasteiger charge is -2.17. The van der Waals surface area contributed by atoms with Crippen LogP contribution in [0.5, 0.6) is 0 Å². The Morgan fingerprint density at radius 3 is 2.60 bits per heavy atom. The van der Waals surface area contributed by atoms with Crippen molar-refractivity contribution in [3.8, 4) is 0 Å². The highest BCUT2D eigenvalue weighted by Gasteiger charge is 2.00. The predicted octanol–water partition coefficient (Wildman–Crippen LogP) is 0.641. The zero-order valence-corrected chi connectivity index (χ0v) is 7.00. The molecule has 3 heteroatoms. The van der Waals surface area contributed by atoms with Crippen LogP contribution in [0.3, 0.4) is 0 Å². The summed E-state index contributed by atoms with van der Waals surface area (Å²) in [5.41, 5.74) is 0. The molecule has 0 radical (unpaired) electrons. The molecular formula is C7H17NO2. The van der Waals surface area contributed by atoms with Gasteiger partial charge in [-0.1, -0.05) is 6.92 Å². The Balaban J connectivity index is 3.16. The van der Waals surface area contributed by atoms with Crippen LogP contribution in [0.4, 0.5) is 0 Å². The number of rotatable bonds is 5. The van der Waals surface area contributed by atoms with Gasteiger partial charge in [0.25, 0.3) is 0 Å². The van der Waals surface area contributed by atoms with Crippen molar-refractivity contribution in [1.82, 2.24) is 5.06 Å². The van der Waals surface area contributed by atoms with Gasteiger partial charge in [0.2, 0.25) is 0 Å². The number of nitrogens with zero attached hydrogens (tertiary/aromatic N) is 1. The summed E-state index contributed by atoms with van der Waals surface area (Å²) in [7, 11) is 1.82. The molecule has 62 valence electrons. The lowest BCUT2D eigenvalue weighted by Crippen LogP contribution is -2.27. The Labute approximate surface area is 62.6 Å². The van der Waals surface area contributed by atoms with Gasteiger partial charge in [0.15, 0.2) is 0 Å². The van der Waals surface area contributed by atoms with Gasteiger partial charge in [-0.3, -0.25) is 4.84 Å². The standard InChI is InChI=1S/C7H17NO2/c1-4-5-10-8(3)6-7(2)9/h7,9H,4-6H2,1-3H3. The van der Waals surface area contributed by atoms with Crippen LogP contribution in [-0.4, -0.2) is 36.5 Å². The molecule has 0 aliphatic heterocycles. The fourth-order valence-electron chi connectivity index (χ4n) is 0.672. The van der Waals surface area contributed by atoms with E-state index in [1.165, 1.54) is 0 Å². The van der Waals surface area contributed by atoms with Crippen LogP contribution >= 0.6 is 0 Å². The summed E-state index contributed by atoms with van der Waals surface area (Å²) in [6.45, 7) is 5.09. The number of likely N-dealkylation sites (N-methyl/N-ethyl adjacent to an activating group) is 1. The van der Waals surface area contributed by atoms with E-state index in [9.17, 15) is 0 Å². The Kier molecular flexibility index (Phi) is 5.58. The summed E-state index contributed by atoms with van der Waals surface area (Å²) in [6, 6.07) is 0. The second-order valence-corrected chi connectivity index (χ2v) is 2.49. The molecule has 0 aromatic heterocycles. The summed E-state index contributed by atoms with van der Waals surface area (Å²) in [6.07, 6.45) is 0.686. The molecule has 1 atom stereocenters. The molecule has 0 aromatic rings. The first-order valence-corrected chi connectivity index (χ1v) is 3.69. The highest BCUT2D eigenvalue weighted by atomic mass is 16.7. The summed E-state index contributed by atoms with van der Waals surface area (Å²) in [5.74, 6) is 0. The highest BCUT2D eigenvalue weighted by Crippen LogP contribution is 1.90. The maximum atomic E-state index is 8.90. The topological polar surface area (TPSA) is 32.7 Å². The average Bonchev–Trinajstić information content (AvgIpc) is 1.82. The summed E-state index contributed by atoms with van der Waals surface area (Å²) < 4.78 is 0. The minimum Gasteiger partial charge on any atom is -0.392 e. The molecular weight excluding hydrogens is 130 g/mol. The first-order chi connectivity index (χ1) is 4.66. The molecule has 10 heavy (non-hydrogen) atoms. The third-order valence-electron chi connectivity index (χ3n) is 1.04. The molecule has 0 saturated heterocycles. The molecule has 0 saturated carbocycles. The second kappa shape index (κ2) is 5.65. The predicted molar refractivity (Wildman–Crippen MR) is 40.6 cm³/mol. The summed E-state index contributed by atoms with van der Waals surface area (Å²) >= 11 is 0. The van der Waals surface area contributed by atoms with Crippen LogP contribution in [0.1, 0.15) is 20.3 Å². The van der Waals surface area contributed by atoms with Crippen LogP contribution in [0, 0.1) is 0 Å². The molecule has 3 nitrogen and oxygen atoms in total. The molecule has 0 heterocycles. The molecule has 0 fully saturated rings. The second-order valence-electron chi connectivity index (χ2n) is 2.49. The number of hydrogen-bond acceptors (Lipinski definition) is 3. The van der Waals surface area contributed by atoms with Crippen molar-refractivity contribution in [2.45, 2.75) is 26.4 Å². The van der Waals surface area contributed by atoms with Crippen molar-refractivity contribution >= 4 is 0 Å². The lowest BCUT2D eigenvalue weighted by molar-refractivity contribution is -0.152. The van der Waals surface area contributed by atoms with Gasteiger partial charge in [-0.2, -0.15) is 5.06 Å². The van der Waals surface area contributed by atoms with Crippen LogP contribution in [0.25, 0.3) is 0 Å². The van der Waals surface area contributed by atoms with Gasteiger partial charge < -0.3 is 5.11 Å². The van der Waals surface area contributed by atoms with E-state index in [0.717, 1.165) is 13.0 Å². The van der Waals surface area contributed by atoms with E-state index in [0.29, 0.717) is 6.54 Å². The molecule has 1 unspecified atom stereocenters. The molecule has 0 bridgehead atoms. The zero-order valence-electron chi connectivity index (χ0n) is 7.00. The smallest absolute Gasteiger partial charge is 0.0682 e. The van der Waals surface area contributed by atoms with E-state index >= 15 is 0 Å². The number of aliphatic hydroxyl groups is 1. The molecule has 0 spiro atoms. The van der Waals surface area contributed by atoms with E-state index in [-0.39, 0.29) is 6.10 Å². The molecule has 0 aliphatic carbocycles. The van der Waals surface area contributed by atoms with Gasteiger partial charge >= 0.3 is 0 Å². The minimum atomic E-state index is -0.318. The maximum Gasteiger partial charge on any atom is 0.0682 e. The third-order valence-corrected chi connectivity index (χ3v) is 1.04. The molecule has 1 N–H and O–H groups in total. The number of aliphatic hydroxyl groups excluding tert-OH is 1. The third kappa shape index (κ3) is 6.01. The Morgan fingerprint density at radius 1 is 1.60 bits per heavy atom. The van der Waals surface area contributed by atoms with Gasteiger partial charge in [-0.25, -0.2) is 0 Å². The van der Waals surface area contributed by atoms with E-state index in [1.54, 1.807) is 12.0 Å². The van der Waals surface area contributed by atoms with Gasteiger partial charge in [-0.15, -0.1) is 0 Å². The van der Waals surface area contributed by atoms with Crippen molar-refractivity contribution in [3.63, 3.8) is 0 Å². The number of hydroxylamine groups is 2. The summed E-state index contributed by atoms with van der Waals surface area (Å²) in [4.78, 5) is 5.18. The lowest BCUT2D eigenvalue weighted by atomic mass is 10.4. The van der Waals surface area contributed by atoms with E-state index < -0.39 is 0 Å². The van der Waals surface area contributed by atoms with Gasteiger partial charge in [0.1, 0.15) is 0 Å². The SMILES string of the molecule is CCCON(C)CC(C)O. The van der Waals surface area contributed by atoms with Crippen LogP contribution in [0.2, 0.25) is 0 Å². The van der Waals surface area contributed by atoms with Gasteiger partial charge in [0, 0.05) is 13.6 Å². The average molecular weight is 147 g/mol. The van der Waals surface area contributed by atoms with Crippen molar-refractivity contribution in [3.05, 3.63) is 0 Å². The highest BCUT2D eigenvalue weighted by molar-refractivity contribution is 4.46. The van der Waals surface area contributed by atoms with Gasteiger partial charge in [0.05, 0.1) is 12.7 Å². The van der Waals surface area contributed by atoms with Crippen LogP contribution in [-0.2, 0) is 4.84 Å². The van der Waals surface area contributed by atoms with Gasteiger partial charge in [-0.05, 0) is 13.3 Å². The van der Waals surface area contributed by atoms with E-state index in [2.05, 4.69) is 6.92 Å². The van der Waals surface area contributed by atoms with Crippen molar-refractivity contribution < 1.29 is 9.94 Å². The first-order valence-electron chi connectivity index (χ1n) is 3.69. The van der Waals surface area contributed by atoms with Crippen molar-refractivity contribution in [1.29, 1.82) is 0 Å². The summed E-state index contributed by atoms with van der Waals surface area (Å²) in [5, 5.41) is 10.6. The van der Waals surface area contributed by atoms with Crippen molar-refractivity contribution in [2.24, 2.45) is 0 Å². The first kappa shape index (κ1) is 9.88. The maximum absolute atomic E-state index is 8.90. The van der Waals surface area contributed by atoms with Crippen molar-refractivity contribution in [2.75, 3.05) is 20.2 Å². The quantitative estimate of drug-likeness (QED) is 0.579. The number of hydrogen-bond donors (Lipinski definition) is 1. The van der Waals surface area contributed by atoms with E-state index in [4.69, 9.17) is 9.94 Å². The Hall–Kier alpha value is -0.120.